The first-order valence-corrected chi connectivity index (χ1v) is 11.6. The van der Waals surface area contributed by atoms with Crippen molar-refractivity contribution in [3.05, 3.63) is 125 Å². The van der Waals surface area contributed by atoms with Gasteiger partial charge in [-0.25, -0.2) is 0 Å². The number of carbonyl (C=O) groups is 2. The van der Waals surface area contributed by atoms with Gasteiger partial charge in [0, 0.05) is 23.6 Å². The quantitative estimate of drug-likeness (QED) is 0.178. The molecule has 0 spiro atoms. The fraction of sp³-hybridized carbons (Fsp3) is 0.133. The van der Waals surface area contributed by atoms with E-state index in [1.807, 2.05) is 78.9 Å². The van der Waals surface area contributed by atoms with Crippen molar-refractivity contribution in [3.8, 4) is 17.2 Å². The Morgan fingerprint density at radius 1 is 0.538 bits per heavy atom. The van der Waals surface area contributed by atoms with E-state index >= 15 is 0 Å². The predicted molar refractivity (Wildman–Crippen MR) is 132 cm³/mol. The first-order valence-electron chi connectivity index (χ1n) is 11.6. The molecule has 7 nitrogen and oxygen atoms in total. The molecule has 39 heavy (non-hydrogen) atoms. The Balaban J connectivity index is 0.00000267. The van der Waals surface area contributed by atoms with Gasteiger partial charge in [-0.2, -0.15) is 0 Å². The van der Waals surface area contributed by atoms with Gasteiger partial charge in [0.25, 0.3) is 0 Å². The van der Waals surface area contributed by atoms with Crippen LogP contribution in [0.2, 0.25) is 0 Å². The number of aromatic carboxylic acids is 2. The van der Waals surface area contributed by atoms with Crippen molar-refractivity contribution >= 4 is 11.9 Å². The summed E-state index contributed by atoms with van der Waals surface area (Å²) in [7, 11) is 0. The van der Waals surface area contributed by atoms with E-state index in [2.05, 4.69) is 0 Å². The molecule has 0 atom stereocenters. The summed E-state index contributed by atoms with van der Waals surface area (Å²) in [4.78, 5) is 22.4. The number of carboxylic acids is 2. The van der Waals surface area contributed by atoms with Gasteiger partial charge in [0.15, 0.2) is 0 Å². The average molecular weight is 542 g/mol. The summed E-state index contributed by atoms with van der Waals surface area (Å²) >= 11 is 0. The van der Waals surface area contributed by atoms with E-state index in [1.165, 1.54) is 12.1 Å². The van der Waals surface area contributed by atoms with Crippen LogP contribution < -0.4 is 83.5 Å². The summed E-state index contributed by atoms with van der Waals surface area (Å²) in [5.41, 5.74) is 2.32. The number of ether oxygens (including phenoxy) is 3. The number of hydrogen-bond donors (Lipinski definition) is 0. The van der Waals surface area contributed by atoms with Gasteiger partial charge >= 0.3 is 59.1 Å². The number of carbonyl (C=O) groups excluding carboxylic acids is 2. The molecule has 0 bridgehead atoms. The molecule has 0 amide bonds. The molecule has 0 unspecified atom stereocenters. The van der Waals surface area contributed by atoms with Gasteiger partial charge in [-0.1, -0.05) is 60.7 Å². The topological polar surface area (TPSA) is 108 Å². The molecule has 0 saturated heterocycles. The minimum absolute atomic E-state index is 0. The second-order valence-corrected chi connectivity index (χ2v) is 8.28. The van der Waals surface area contributed by atoms with Crippen molar-refractivity contribution in [2.75, 3.05) is 6.61 Å². The van der Waals surface area contributed by atoms with E-state index < -0.39 is 11.9 Å². The maximum absolute atomic E-state index is 11.2. The van der Waals surface area contributed by atoms with Crippen molar-refractivity contribution in [1.82, 2.24) is 0 Å². The third-order valence-electron chi connectivity index (χ3n) is 5.47. The average Bonchev–Trinajstić information content (AvgIpc) is 2.91. The molecule has 0 fully saturated rings. The van der Waals surface area contributed by atoms with Crippen LogP contribution in [0.5, 0.6) is 17.2 Å². The monoisotopic (exact) mass is 542 g/mol. The summed E-state index contributed by atoms with van der Waals surface area (Å²) in [6.45, 7) is 0.936. The molecule has 0 saturated carbocycles. The van der Waals surface area contributed by atoms with Gasteiger partial charge in [0.05, 0.1) is 18.5 Å². The van der Waals surface area contributed by atoms with Crippen molar-refractivity contribution in [1.29, 1.82) is 0 Å². The number of carboxylic acid groups (broad SMARTS) is 2. The van der Waals surface area contributed by atoms with Gasteiger partial charge in [0.1, 0.15) is 30.5 Å². The SMILES string of the molecule is O=C([O-])c1cc(OCCc2cc(OCc3ccccc3)cc(OCc3ccccc3)c2)cc(C(=O)[O-])c1.[Na+].[Na+]. The summed E-state index contributed by atoms with van der Waals surface area (Å²) in [6.07, 6.45) is 0.431. The molecule has 0 radical (unpaired) electrons. The smallest absolute Gasteiger partial charge is 0.545 e. The fourth-order valence-corrected chi connectivity index (χ4v) is 3.63. The van der Waals surface area contributed by atoms with Crippen LogP contribution in [0.4, 0.5) is 0 Å². The van der Waals surface area contributed by atoms with Crippen LogP contribution in [0.25, 0.3) is 0 Å². The number of hydrogen-bond acceptors (Lipinski definition) is 7. The molecule has 188 valence electrons. The van der Waals surface area contributed by atoms with Crippen LogP contribution in [0.3, 0.4) is 0 Å². The maximum atomic E-state index is 11.2. The second-order valence-electron chi connectivity index (χ2n) is 8.28. The molecule has 0 heterocycles. The van der Waals surface area contributed by atoms with E-state index in [4.69, 9.17) is 14.2 Å². The largest absolute Gasteiger partial charge is 1.00 e. The summed E-state index contributed by atoms with van der Waals surface area (Å²) in [5, 5.41) is 22.4. The maximum Gasteiger partial charge on any atom is 1.00 e. The summed E-state index contributed by atoms with van der Waals surface area (Å²) in [6, 6.07) is 28.6. The normalized spacial score (nSPS) is 9.95. The Labute approximate surface area is 271 Å². The Morgan fingerprint density at radius 3 is 1.41 bits per heavy atom. The number of rotatable bonds is 12. The number of benzene rings is 4. The Bertz CT molecular complexity index is 1270. The van der Waals surface area contributed by atoms with Gasteiger partial charge in [0.2, 0.25) is 0 Å². The van der Waals surface area contributed by atoms with Crippen LogP contribution in [0.15, 0.2) is 97.1 Å². The van der Waals surface area contributed by atoms with E-state index in [0.29, 0.717) is 31.1 Å². The molecule has 0 aromatic heterocycles. The molecule has 0 aliphatic rings. The van der Waals surface area contributed by atoms with Crippen molar-refractivity contribution in [2.24, 2.45) is 0 Å². The zero-order chi connectivity index (χ0) is 26.0. The molecule has 0 aliphatic heterocycles. The zero-order valence-corrected chi connectivity index (χ0v) is 25.9. The first kappa shape index (κ1) is 32.4. The zero-order valence-electron chi connectivity index (χ0n) is 21.9. The van der Waals surface area contributed by atoms with Crippen LogP contribution in [0, 0.1) is 0 Å². The van der Waals surface area contributed by atoms with E-state index in [-0.39, 0.29) is 82.6 Å². The van der Waals surface area contributed by atoms with Gasteiger partial charge < -0.3 is 34.0 Å². The van der Waals surface area contributed by atoms with Crippen molar-refractivity contribution in [2.45, 2.75) is 19.6 Å². The fourth-order valence-electron chi connectivity index (χ4n) is 3.63. The van der Waals surface area contributed by atoms with E-state index in [1.54, 1.807) is 0 Å². The van der Waals surface area contributed by atoms with Gasteiger partial charge in [-0.15, -0.1) is 0 Å². The third-order valence-corrected chi connectivity index (χ3v) is 5.47. The predicted octanol–water partition coefficient (Wildman–Crippen LogP) is -2.80. The Kier molecular flexibility index (Phi) is 13.6. The molecule has 4 aromatic carbocycles. The third kappa shape index (κ3) is 10.4. The summed E-state index contributed by atoms with van der Waals surface area (Å²) < 4.78 is 17.7. The minimum atomic E-state index is -1.50. The van der Waals surface area contributed by atoms with Crippen molar-refractivity contribution in [3.63, 3.8) is 0 Å². The van der Waals surface area contributed by atoms with Crippen molar-refractivity contribution < 1.29 is 93.1 Å². The molecule has 0 N–H and O–H groups in total. The van der Waals surface area contributed by atoms with Crippen LogP contribution in [-0.2, 0) is 19.6 Å². The molecule has 0 aliphatic carbocycles. The first-order chi connectivity index (χ1) is 18.0. The Hall–Kier alpha value is -2.78. The molecular weight excluding hydrogens is 518 g/mol. The van der Waals surface area contributed by atoms with Crippen LogP contribution in [-0.4, -0.2) is 18.5 Å². The molecule has 4 rings (SSSR count). The molecule has 4 aromatic rings. The standard InChI is InChI=1S/C30H26O7.2Na/c31-29(32)24-15-25(30(33)34)17-28(16-24)35-12-11-23-13-26(36-19-21-7-3-1-4-8-21)18-27(14-23)37-20-22-9-5-2-6-10-22;;/h1-10,13-18H,11-12,19-20H2,(H,31,32)(H,33,34);;/q;2*+1/p-2. The minimum Gasteiger partial charge on any atom is -0.545 e. The van der Waals surface area contributed by atoms with E-state index in [9.17, 15) is 19.8 Å². The van der Waals surface area contributed by atoms with Gasteiger partial charge in [-0.05, 0) is 47.0 Å². The van der Waals surface area contributed by atoms with E-state index in [0.717, 1.165) is 22.8 Å². The summed E-state index contributed by atoms with van der Waals surface area (Å²) in [5.74, 6) is -1.66. The Morgan fingerprint density at radius 2 is 0.974 bits per heavy atom. The van der Waals surface area contributed by atoms with Crippen LogP contribution >= 0.6 is 0 Å². The molecule has 9 heteroatoms. The van der Waals surface area contributed by atoms with Gasteiger partial charge in [-0.3, -0.25) is 0 Å². The van der Waals surface area contributed by atoms with Crippen LogP contribution in [0.1, 0.15) is 37.4 Å². The second kappa shape index (κ2) is 16.4. The molecular formula is C30H24Na2O7.